The van der Waals surface area contributed by atoms with Gasteiger partial charge in [0.25, 0.3) is 0 Å². The molecule has 2 rings (SSSR count). The molecule has 0 amide bonds. The van der Waals surface area contributed by atoms with Gasteiger partial charge in [-0.3, -0.25) is 4.90 Å². The topological polar surface area (TPSA) is 66.6 Å². The molecule has 0 bridgehead atoms. The van der Waals surface area contributed by atoms with E-state index in [0.717, 1.165) is 25.9 Å². The summed E-state index contributed by atoms with van der Waals surface area (Å²) in [5, 5.41) is 0. The number of hydrogen-bond donors (Lipinski definition) is 1. The molecule has 0 aromatic heterocycles. The van der Waals surface area contributed by atoms with Crippen LogP contribution in [0.5, 0.6) is 0 Å². The maximum Gasteiger partial charge on any atom is 0.150 e. The van der Waals surface area contributed by atoms with Gasteiger partial charge in [0.2, 0.25) is 0 Å². The predicted octanol–water partition coefficient (Wildman–Crippen LogP) is -0.0815. The van der Waals surface area contributed by atoms with Crippen molar-refractivity contribution in [2.75, 3.05) is 45.2 Å². The summed E-state index contributed by atoms with van der Waals surface area (Å²) in [4.78, 5) is 4.75. The number of nitrogens with two attached hydrogens (primary N) is 1. The van der Waals surface area contributed by atoms with Crippen LogP contribution in [-0.4, -0.2) is 75.0 Å². The molecule has 0 aromatic rings. The first kappa shape index (κ1) is 15.2. The minimum atomic E-state index is -2.82. The molecule has 5 nitrogen and oxygen atoms in total. The van der Waals surface area contributed by atoms with Crippen molar-refractivity contribution < 1.29 is 8.42 Å². The van der Waals surface area contributed by atoms with E-state index in [9.17, 15) is 8.42 Å². The first-order chi connectivity index (χ1) is 8.88. The quantitative estimate of drug-likeness (QED) is 0.787. The molecule has 0 atom stereocenters. The number of piperidine rings is 1. The Balaban J connectivity index is 2.00. The van der Waals surface area contributed by atoms with Crippen molar-refractivity contribution >= 4 is 9.84 Å². The second-order valence-electron chi connectivity index (χ2n) is 6.26. The molecule has 6 heteroatoms. The van der Waals surface area contributed by atoms with Crippen LogP contribution in [0.15, 0.2) is 0 Å². The standard InChI is InChI=1S/C13H27N3O2S/c1-15(2)12-3-7-16(8-4-12)13(11-14)5-9-19(17,18)10-6-13/h12H,3-11,14H2,1-2H3. The Morgan fingerprint density at radius 3 is 2.16 bits per heavy atom. The lowest BCUT2D eigenvalue weighted by Gasteiger charge is -2.49. The van der Waals surface area contributed by atoms with Crippen LogP contribution >= 0.6 is 0 Å². The number of hydrogen-bond acceptors (Lipinski definition) is 5. The van der Waals surface area contributed by atoms with E-state index in [0.29, 0.717) is 36.9 Å². The van der Waals surface area contributed by atoms with Crippen molar-refractivity contribution in [3.8, 4) is 0 Å². The third-order valence-electron chi connectivity index (χ3n) is 5.00. The lowest BCUT2D eigenvalue weighted by atomic mass is 9.87. The molecule has 0 saturated carbocycles. The average Bonchev–Trinajstić information content (AvgIpc) is 2.40. The number of rotatable bonds is 3. The fraction of sp³-hybridized carbons (Fsp3) is 1.00. The predicted molar refractivity (Wildman–Crippen MR) is 78.0 cm³/mol. The zero-order valence-corrected chi connectivity index (χ0v) is 13.0. The largest absolute Gasteiger partial charge is 0.329 e. The minimum absolute atomic E-state index is 0.0669. The maximum absolute atomic E-state index is 11.6. The Kier molecular flexibility index (Phi) is 4.55. The van der Waals surface area contributed by atoms with Crippen molar-refractivity contribution in [1.29, 1.82) is 0 Å². The van der Waals surface area contributed by atoms with Crippen molar-refractivity contribution in [2.24, 2.45) is 5.73 Å². The van der Waals surface area contributed by atoms with Crippen LogP contribution in [0.3, 0.4) is 0 Å². The SMILES string of the molecule is CN(C)C1CCN(C2(CN)CCS(=O)(=O)CC2)CC1. The van der Waals surface area contributed by atoms with E-state index in [2.05, 4.69) is 23.9 Å². The Labute approximate surface area is 117 Å². The van der Waals surface area contributed by atoms with Crippen molar-refractivity contribution in [3.05, 3.63) is 0 Å². The summed E-state index contributed by atoms with van der Waals surface area (Å²) >= 11 is 0. The van der Waals surface area contributed by atoms with Gasteiger partial charge in [0.15, 0.2) is 0 Å². The molecular formula is C13H27N3O2S. The van der Waals surface area contributed by atoms with Crippen LogP contribution in [-0.2, 0) is 9.84 Å². The monoisotopic (exact) mass is 289 g/mol. The second kappa shape index (κ2) is 5.68. The van der Waals surface area contributed by atoms with Crippen LogP contribution in [0, 0.1) is 0 Å². The van der Waals surface area contributed by atoms with Gasteiger partial charge in [0.05, 0.1) is 11.5 Å². The number of nitrogens with zero attached hydrogens (tertiary/aromatic N) is 2. The Morgan fingerprint density at radius 1 is 1.21 bits per heavy atom. The van der Waals surface area contributed by atoms with Gasteiger partial charge in [-0.15, -0.1) is 0 Å². The molecule has 2 fully saturated rings. The number of likely N-dealkylation sites (tertiary alicyclic amines) is 1. The van der Waals surface area contributed by atoms with E-state index < -0.39 is 9.84 Å². The Bertz CT molecular complexity index is 386. The first-order valence-corrected chi connectivity index (χ1v) is 9.03. The Hall–Kier alpha value is -0.170. The molecule has 0 unspecified atom stereocenters. The van der Waals surface area contributed by atoms with Crippen LogP contribution in [0.4, 0.5) is 0 Å². The maximum atomic E-state index is 11.6. The fourth-order valence-electron chi connectivity index (χ4n) is 3.42. The molecule has 2 N–H and O–H groups in total. The van der Waals surface area contributed by atoms with Gasteiger partial charge in [0.1, 0.15) is 9.84 Å². The van der Waals surface area contributed by atoms with Crippen LogP contribution in [0.25, 0.3) is 0 Å². The zero-order chi connectivity index (χ0) is 14.1. The molecule has 19 heavy (non-hydrogen) atoms. The van der Waals surface area contributed by atoms with Gasteiger partial charge in [-0.1, -0.05) is 0 Å². The molecule has 0 aliphatic carbocycles. The third kappa shape index (κ3) is 3.29. The highest BCUT2D eigenvalue weighted by Gasteiger charge is 2.42. The molecule has 112 valence electrons. The molecule has 0 radical (unpaired) electrons. The van der Waals surface area contributed by atoms with E-state index in [1.54, 1.807) is 0 Å². The van der Waals surface area contributed by atoms with Crippen LogP contribution < -0.4 is 5.73 Å². The normalized spacial score (nSPS) is 28.6. The van der Waals surface area contributed by atoms with Gasteiger partial charge in [-0.05, 0) is 39.8 Å². The van der Waals surface area contributed by atoms with E-state index in [4.69, 9.17) is 5.73 Å². The molecular weight excluding hydrogens is 262 g/mol. The van der Waals surface area contributed by atoms with Crippen molar-refractivity contribution in [3.63, 3.8) is 0 Å². The molecule has 0 aromatic carbocycles. The fourth-order valence-corrected chi connectivity index (χ4v) is 5.01. The first-order valence-electron chi connectivity index (χ1n) is 7.20. The van der Waals surface area contributed by atoms with E-state index in [-0.39, 0.29) is 5.54 Å². The van der Waals surface area contributed by atoms with Gasteiger partial charge in [0, 0.05) is 31.2 Å². The van der Waals surface area contributed by atoms with Gasteiger partial charge >= 0.3 is 0 Å². The van der Waals surface area contributed by atoms with Gasteiger partial charge in [-0.25, -0.2) is 8.42 Å². The smallest absolute Gasteiger partial charge is 0.150 e. The summed E-state index contributed by atoms with van der Waals surface area (Å²) in [5.74, 6) is 0.607. The summed E-state index contributed by atoms with van der Waals surface area (Å²) in [6.07, 6.45) is 3.72. The lowest BCUT2D eigenvalue weighted by molar-refractivity contribution is 0.0380. The van der Waals surface area contributed by atoms with Crippen molar-refractivity contribution in [1.82, 2.24) is 9.80 Å². The van der Waals surface area contributed by atoms with Gasteiger partial charge < -0.3 is 10.6 Å². The summed E-state index contributed by atoms with van der Waals surface area (Å²) in [7, 11) is 1.45. The summed E-state index contributed by atoms with van der Waals surface area (Å²) in [6, 6.07) is 0.651. The van der Waals surface area contributed by atoms with Crippen molar-refractivity contribution in [2.45, 2.75) is 37.3 Å². The third-order valence-corrected chi connectivity index (χ3v) is 6.65. The Morgan fingerprint density at radius 2 is 1.74 bits per heavy atom. The summed E-state index contributed by atoms with van der Waals surface area (Å²) < 4.78 is 23.2. The zero-order valence-electron chi connectivity index (χ0n) is 12.1. The van der Waals surface area contributed by atoms with E-state index in [1.165, 1.54) is 0 Å². The lowest BCUT2D eigenvalue weighted by Crippen LogP contribution is -2.60. The minimum Gasteiger partial charge on any atom is -0.329 e. The van der Waals surface area contributed by atoms with Crippen LogP contribution in [0.1, 0.15) is 25.7 Å². The second-order valence-corrected chi connectivity index (χ2v) is 8.57. The van der Waals surface area contributed by atoms with Gasteiger partial charge in [-0.2, -0.15) is 0 Å². The molecule has 2 aliphatic rings. The van der Waals surface area contributed by atoms with Crippen LogP contribution in [0.2, 0.25) is 0 Å². The van der Waals surface area contributed by atoms with E-state index in [1.807, 2.05) is 0 Å². The number of sulfone groups is 1. The molecule has 0 spiro atoms. The molecule has 2 aliphatic heterocycles. The highest BCUT2D eigenvalue weighted by molar-refractivity contribution is 7.91. The highest BCUT2D eigenvalue weighted by atomic mass is 32.2. The van der Waals surface area contributed by atoms with E-state index >= 15 is 0 Å². The summed E-state index contributed by atoms with van der Waals surface area (Å²) in [6.45, 7) is 2.66. The average molecular weight is 289 g/mol. The highest BCUT2D eigenvalue weighted by Crippen LogP contribution is 2.32. The summed E-state index contributed by atoms with van der Waals surface area (Å²) in [5.41, 5.74) is 5.94. The molecule has 2 saturated heterocycles. The molecule has 2 heterocycles.